The summed E-state index contributed by atoms with van der Waals surface area (Å²) in [6.45, 7) is 1.43. The molecule has 403 valence electrons. The molecule has 0 saturated carbocycles. The van der Waals surface area contributed by atoms with Gasteiger partial charge in [0.15, 0.2) is 23.8 Å². The molecule has 8 aromatic heterocycles. The van der Waals surface area contributed by atoms with Crippen LogP contribution >= 0.6 is 0 Å². The van der Waals surface area contributed by atoms with Crippen molar-refractivity contribution in [1.82, 2.24) is 79.7 Å². The zero-order valence-electron chi connectivity index (χ0n) is 37.8. The molecule has 0 N–H and O–H groups in total. The van der Waals surface area contributed by atoms with E-state index in [2.05, 4.69) is 121 Å². The van der Waals surface area contributed by atoms with Crippen molar-refractivity contribution in [2.45, 2.75) is 6.92 Å². The monoisotopic (exact) mass is 1220 g/mol. The van der Waals surface area contributed by atoms with E-state index in [0.717, 1.165) is 0 Å². The largest absolute Gasteiger partial charge is 2.00 e. The summed E-state index contributed by atoms with van der Waals surface area (Å²) in [6, 6.07) is 15.5. The molecule has 0 aliphatic heterocycles. The van der Waals surface area contributed by atoms with E-state index < -0.39 is 20.5 Å². The van der Waals surface area contributed by atoms with E-state index in [-0.39, 0.29) is 51.2 Å². The number of nitriles is 1. The van der Waals surface area contributed by atoms with Crippen LogP contribution in [0.2, 0.25) is 0 Å². The fourth-order valence-electron chi connectivity index (χ4n) is 3.39. The topological polar surface area (TPSA) is 520 Å². The first-order valence-electron chi connectivity index (χ1n) is 18.9. The van der Waals surface area contributed by atoms with Crippen LogP contribution in [0.25, 0.3) is 21.3 Å². The molecule has 0 unspecified atom stereocenters. The third-order valence-electron chi connectivity index (χ3n) is 5.80. The minimum Gasteiger partial charge on any atom is -0.330 e. The van der Waals surface area contributed by atoms with Gasteiger partial charge in [0.25, 0.3) is 0 Å². The average molecular weight is 1230 g/mol. The van der Waals surface area contributed by atoms with E-state index in [0.29, 0.717) is 47.6 Å². The molecule has 0 aromatic carbocycles. The van der Waals surface area contributed by atoms with Crippen LogP contribution in [0.4, 0.5) is 47.6 Å². The molecule has 8 heterocycles. The maximum atomic E-state index is 8.49. The predicted octanol–water partition coefficient (Wildman–Crippen LogP) is -2.46. The van der Waals surface area contributed by atoms with Crippen molar-refractivity contribution in [1.29, 1.82) is 5.26 Å². The molecule has 0 aliphatic rings. The van der Waals surface area contributed by atoms with Gasteiger partial charge in [0, 0.05) is 81.9 Å². The van der Waals surface area contributed by atoms with Gasteiger partial charge in [-0.05, 0) is 98.1 Å². The smallest absolute Gasteiger partial charge is 0.330 e. The first kappa shape index (κ1) is 69.9. The van der Waals surface area contributed by atoms with Crippen molar-refractivity contribution < 1.29 is 109 Å². The minimum atomic E-state index is -4.94. The Morgan fingerprint density at radius 2 is 0.447 bits per heavy atom. The second kappa shape index (κ2) is 44.3. The van der Waals surface area contributed by atoms with Gasteiger partial charge in [-0.1, -0.05) is 0 Å². The molecule has 8 rings (SSSR count). The summed E-state index contributed by atoms with van der Waals surface area (Å²) in [4.78, 5) is 78.0. The second-order valence-electron chi connectivity index (χ2n) is 10.9. The molecule has 0 bridgehead atoms. The molecular weight excluding hydrogens is 1200 g/mol. The SMILES string of the molecule is C(=N\c1ncccn1)/[N-]c1ncccn1.C(=N\c1ncccn1)/[N-]c1ncccn1.C(=N\c1ncccn1)/[N-]c1ncccn1.C(=N\c1ncccn1)/[N-]c1ncccn1.CC#N.[Cu+2].[Cu+2].[Cu+2].[O-][Cl+3]([O-])([O-])[O-].[O-][Cl+3]([O-])([O-])[O-]. The number of hydrogen-bond acceptors (Lipinski definition) is 29. The molecule has 76 heavy (non-hydrogen) atoms. The van der Waals surface area contributed by atoms with Crippen LogP contribution in [-0.4, -0.2) is 105 Å². The van der Waals surface area contributed by atoms with Gasteiger partial charge in [-0.3, -0.25) is 0 Å². The van der Waals surface area contributed by atoms with E-state index in [4.69, 9.17) is 42.5 Å². The fraction of sp³-hybridized carbons (Fsp3) is 0.0263. The number of aromatic nitrogens is 16. The van der Waals surface area contributed by atoms with Crippen LogP contribution in [0, 0.1) is 31.8 Å². The fourth-order valence-corrected chi connectivity index (χ4v) is 3.39. The van der Waals surface area contributed by atoms with E-state index in [1.807, 2.05) is 0 Å². The summed E-state index contributed by atoms with van der Waals surface area (Å²) < 4.78 is 67.9. The molecule has 38 heteroatoms. The Bertz CT molecular complexity index is 2400. The number of rotatable bonds is 12. The Morgan fingerprint density at radius 3 is 0.579 bits per heavy atom. The first-order valence-corrected chi connectivity index (χ1v) is 21.3. The van der Waals surface area contributed by atoms with Gasteiger partial charge in [0.1, 0.15) is 0 Å². The van der Waals surface area contributed by atoms with Gasteiger partial charge in [-0.15, -0.1) is 20.5 Å². The van der Waals surface area contributed by atoms with Crippen LogP contribution in [0.1, 0.15) is 6.92 Å². The minimum absolute atomic E-state index is 0. The molecule has 0 fully saturated rings. The number of hydrogen-bond donors (Lipinski definition) is 0. The van der Waals surface area contributed by atoms with Gasteiger partial charge in [-0.25, -0.2) is 77.1 Å². The standard InChI is InChI=1S/4C9H7N6.C2H3N.2ClHO4.3Cu/c4*1-3-10-8(11-4-1)14-7-15-9-12-5-2-6-13-9;1-2-3;2*2-1(3,4)5;;;/h4*1-7H;1H3;2*(H,2,3,4,5);;;/q4*-1;;;;3*+2/p-2. The van der Waals surface area contributed by atoms with Crippen LogP contribution in [0.15, 0.2) is 168 Å². The van der Waals surface area contributed by atoms with Crippen LogP contribution in [0.3, 0.4) is 0 Å². The van der Waals surface area contributed by atoms with Gasteiger partial charge >= 0.3 is 51.2 Å². The Labute approximate surface area is 466 Å². The summed E-state index contributed by atoms with van der Waals surface area (Å²) in [5.74, 6) is 2.87. The maximum Gasteiger partial charge on any atom is 2.00 e. The maximum absolute atomic E-state index is 8.49. The molecule has 0 aliphatic carbocycles. The Balaban J connectivity index is 0. The molecule has 3 radical (unpaired) electrons. The Kier molecular flexibility index (Phi) is 40.8. The van der Waals surface area contributed by atoms with E-state index in [9.17, 15) is 0 Å². The van der Waals surface area contributed by atoms with Crippen molar-refractivity contribution in [3.63, 3.8) is 0 Å². The van der Waals surface area contributed by atoms with Crippen LogP contribution < -0.4 is 37.3 Å². The van der Waals surface area contributed by atoms with Gasteiger partial charge < -0.3 is 81.1 Å². The summed E-state index contributed by atoms with van der Waals surface area (Å²) in [7, 11) is -9.89. The molecule has 0 saturated heterocycles. The Morgan fingerprint density at radius 1 is 0.329 bits per heavy atom. The number of halogens is 2. The molecule has 0 spiro atoms. The van der Waals surface area contributed by atoms with E-state index in [1.165, 1.54) is 32.3 Å². The molecular formula is C38H31Cl2Cu3N25O8. The number of aliphatic imine (C=N–C) groups is 4. The van der Waals surface area contributed by atoms with Crippen LogP contribution in [0.5, 0.6) is 0 Å². The normalized spacial score (nSPS) is 9.89. The quantitative estimate of drug-likeness (QED) is 0.0695. The number of nitrogens with zero attached hydrogens (tertiary/aromatic N) is 25. The zero-order chi connectivity index (χ0) is 53.1. The molecule has 8 aromatic rings. The second-order valence-corrected chi connectivity index (χ2v) is 12.4. The van der Waals surface area contributed by atoms with Crippen molar-refractivity contribution in [2.24, 2.45) is 20.0 Å². The summed E-state index contributed by atoms with van der Waals surface area (Å²) in [5, 5.41) is 22.9. The van der Waals surface area contributed by atoms with E-state index in [1.54, 1.807) is 154 Å². The summed E-state index contributed by atoms with van der Waals surface area (Å²) in [5.41, 5.74) is 0. The third-order valence-corrected chi connectivity index (χ3v) is 5.80. The van der Waals surface area contributed by atoms with E-state index >= 15 is 0 Å². The molecule has 33 nitrogen and oxygen atoms in total. The van der Waals surface area contributed by atoms with Crippen molar-refractivity contribution in [3.8, 4) is 6.07 Å². The predicted molar refractivity (Wildman–Crippen MR) is 232 cm³/mol. The average Bonchev–Trinajstić information content (AvgIpc) is 3.39. The summed E-state index contributed by atoms with van der Waals surface area (Å²) >= 11 is 0. The molecule has 0 atom stereocenters. The van der Waals surface area contributed by atoms with Crippen LogP contribution in [-0.2, 0) is 51.2 Å². The Hall–Kier alpha value is -8.17. The zero-order valence-corrected chi connectivity index (χ0v) is 42.1. The van der Waals surface area contributed by atoms with Crippen molar-refractivity contribution in [2.75, 3.05) is 0 Å². The first-order chi connectivity index (χ1) is 35.2. The van der Waals surface area contributed by atoms with Crippen molar-refractivity contribution in [3.05, 3.63) is 169 Å². The van der Waals surface area contributed by atoms with Crippen molar-refractivity contribution >= 4 is 72.9 Å². The van der Waals surface area contributed by atoms with Gasteiger partial charge in [0.05, 0.1) is 29.9 Å². The summed E-state index contributed by atoms with van der Waals surface area (Å²) in [6.07, 6.45) is 31.1. The third kappa shape index (κ3) is 43.4. The van der Waals surface area contributed by atoms with Gasteiger partial charge in [-0.2, -0.15) is 5.26 Å². The molecule has 0 amide bonds. The van der Waals surface area contributed by atoms with Gasteiger partial charge in [0.2, 0.25) is 0 Å².